The van der Waals surface area contributed by atoms with Crippen molar-refractivity contribution in [1.29, 1.82) is 0 Å². The number of hydrogen-bond acceptors (Lipinski definition) is 2. The van der Waals surface area contributed by atoms with E-state index in [-0.39, 0.29) is 12.1 Å². The van der Waals surface area contributed by atoms with Crippen LogP contribution in [-0.2, 0) is 19.4 Å². The minimum atomic E-state index is -0.614. The van der Waals surface area contributed by atoms with Crippen LogP contribution in [0.4, 0.5) is 19.3 Å². The summed E-state index contributed by atoms with van der Waals surface area (Å²) in [5, 5.41) is 15.6. The van der Waals surface area contributed by atoms with E-state index in [0.29, 0.717) is 29.8 Å². The molecule has 1 unspecified atom stereocenters. The number of aliphatic hydroxyl groups is 1. The van der Waals surface area contributed by atoms with Crippen LogP contribution in [0.2, 0.25) is 0 Å². The quantitative estimate of drug-likeness (QED) is 0.581. The fourth-order valence-corrected chi connectivity index (χ4v) is 3.76. The Bertz CT molecular complexity index is 1070. The molecule has 30 heavy (non-hydrogen) atoms. The van der Waals surface area contributed by atoms with Crippen molar-refractivity contribution < 1.29 is 18.7 Å². The van der Waals surface area contributed by atoms with Crippen LogP contribution in [0.3, 0.4) is 0 Å². The van der Waals surface area contributed by atoms with Gasteiger partial charge >= 0.3 is 6.03 Å². The number of halogens is 2. The first-order valence-electron chi connectivity index (χ1n) is 9.87. The van der Waals surface area contributed by atoms with Gasteiger partial charge in [0, 0.05) is 30.3 Å². The van der Waals surface area contributed by atoms with Crippen molar-refractivity contribution in [3.63, 3.8) is 0 Å². The number of carbonyl (C=O) groups is 1. The SMILES string of the molecule is O=C(NCc1ccc(-c2ccc(F)cc2F)cc1)Nc1cccc2c1CC(O)CC2. The van der Waals surface area contributed by atoms with Crippen LogP contribution in [0.1, 0.15) is 23.1 Å². The number of urea groups is 1. The van der Waals surface area contributed by atoms with Crippen molar-refractivity contribution in [1.82, 2.24) is 5.32 Å². The van der Waals surface area contributed by atoms with Gasteiger partial charge in [-0.05, 0) is 53.3 Å². The highest BCUT2D eigenvalue weighted by atomic mass is 19.1. The van der Waals surface area contributed by atoms with Crippen LogP contribution in [0.25, 0.3) is 11.1 Å². The number of nitrogens with one attached hydrogen (secondary N) is 2. The maximum Gasteiger partial charge on any atom is 0.319 e. The Hall–Kier alpha value is -3.25. The fraction of sp³-hybridized carbons (Fsp3) is 0.208. The van der Waals surface area contributed by atoms with E-state index < -0.39 is 11.6 Å². The minimum absolute atomic E-state index is 0.301. The van der Waals surface area contributed by atoms with E-state index >= 15 is 0 Å². The number of benzene rings is 3. The average Bonchev–Trinajstić information content (AvgIpc) is 2.73. The normalized spacial score (nSPS) is 15.4. The van der Waals surface area contributed by atoms with Crippen LogP contribution in [0.15, 0.2) is 60.7 Å². The maximum absolute atomic E-state index is 13.9. The number of amides is 2. The van der Waals surface area contributed by atoms with Crippen molar-refractivity contribution >= 4 is 11.7 Å². The van der Waals surface area contributed by atoms with Crippen molar-refractivity contribution in [2.45, 2.75) is 31.9 Å². The molecule has 2 amide bonds. The zero-order valence-electron chi connectivity index (χ0n) is 16.3. The largest absolute Gasteiger partial charge is 0.393 e. The molecule has 0 heterocycles. The van der Waals surface area contributed by atoms with Crippen LogP contribution in [0, 0.1) is 11.6 Å². The monoisotopic (exact) mass is 408 g/mol. The second-order valence-electron chi connectivity index (χ2n) is 7.47. The van der Waals surface area contributed by atoms with Crippen molar-refractivity contribution in [3.8, 4) is 11.1 Å². The molecule has 0 aliphatic heterocycles. The Balaban J connectivity index is 1.38. The third-order valence-corrected chi connectivity index (χ3v) is 5.36. The summed E-state index contributed by atoms with van der Waals surface area (Å²) in [7, 11) is 0. The van der Waals surface area contributed by atoms with Gasteiger partial charge < -0.3 is 15.7 Å². The summed E-state index contributed by atoms with van der Waals surface area (Å²) in [5.41, 5.74) is 4.66. The molecule has 4 rings (SSSR count). The van der Waals surface area contributed by atoms with E-state index in [4.69, 9.17) is 0 Å². The van der Waals surface area contributed by atoms with Gasteiger partial charge in [-0.3, -0.25) is 0 Å². The Kier molecular flexibility index (Phi) is 5.77. The fourth-order valence-electron chi connectivity index (χ4n) is 3.76. The number of hydrogen-bond donors (Lipinski definition) is 3. The number of aliphatic hydroxyl groups excluding tert-OH is 1. The molecule has 6 heteroatoms. The summed E-state index contributed by atoms with van der Waals surface area (Å²) in [6.07, 6.45) is 1.69. The summed E-state index contributed by atoms with van der Waals surface area (Å²) < 4.78 is 27.0. The van der Waals surface area contributed by atoms with E-state index in [9.17, 15) is 18.7 Å². The van der Waals surface area contributed by atoms with Gasteiger partial charge in [0.05, 0.1) is 6.10 Å². The van der Waals surface area contributed by atoms with E-state index in [1.165, 1.54) is 12.1 Å². The second kappa shape index (κ2) is 8.63. The smallest absolute Gasteiger partial charge is 0.319 e. The molecule has 0 saturated carbocycles. The molecule has 0 fully saturated rings. The number of anilines is 1. The molecule has 1 aliphatic carbocycles. The van der Waals surface area contributed by atoms with Gasteiger partial charge in [-0.15, -0.1) is 0 Å². The topological polar surface area (TPSA) is 61.4 Å². The molecule has 0 radical (unpaired) electrons. The molecule has 0 spiro atoms. The number of aryl methyl sites for hydroxylation is 1. The maximum atomic E-state index is 13.9. The molecule has 0 saturated heterocycles. The molecule has 1 atom stereocenters. The lowest BCUT2D eigenvalue weighted by molar-refractivity contribution is 0.159. The van der Waals surface area contributed by atoms with Crippen LogP contribution >= 0.6 is 0 Å². The Morgan fingerprint density at radius 1 is 1.07 bits per heavy atom. The summed E-state index contributed by atoms with van der Waals surface area (Å²) >= 11 is 0. The molecule has 0 aromatic heterocycles. The Morgan fingerprint density at radius 2 is 1.87 bits per heavy atom. The van der Waals surface area contributed by atoms with Gasteiger partial charge in [0.1, 0.15) is 11.6 Å². The first-order chi connectivity index (χ1) is 14.5. The van der Waals surface area contributed by atoms with E-state index in [0.717, 1.165) is 35.6 Å². The Morgan fingerprint density at radius 3 is 2.63 bits per heavy atom. The molecule has 1 aliphatic rings. The lowest BCUT2D eigenvalue weighted by atomic mass is 9.88. The summed E-state index contributed by atoms with van der Waals surface area (Å²) in [6.45, 7) is 0.301. The van der Waals surface area contributed by atoms with Crippen LogP contribution in [-0.4, -0.2) is 17.2 Å². The van der Waals surface area contributed by atoms with Gasteiger partial charge in [0.2, 0.25) is 0 Å². The Labute approximate surface area is 173 Å². The predicted octanol–water partition coefficient (Wildman–Crippen LogP) is 4.80. The summed E-state index contributed by atoms with van der Waals surface area (Å²) in [6, 6.07) is 16.0. The second-order valence-corrected chi connectivity index (χ2v) is 7.47. The molecule has 154 valence electrons. The average molecular weight is 408 g/mol. The van der Waals surface area contributed by atoms with Crippen molar-refractivity contribution in [2.24, 2.45) is 0 Å². The zero-order chi connectivity index (χ0) is 21.1. The molecule has 0 bridgehead atoms. The van der Waals surface area contributed by atoms with Crippen LogP contribution < -0.4 is 10.6 Å². The standard InChI is InChI=1S/C24H22F2N2O2/c25-18-9-11-20(22(26)12-18)17-6-4-15(5-7-17)14-27-24(30)28-23-3-1-2-16-8-10-19(29)13-21(16)23/h1-7,9,11-12,19,29H,8,10,13-14H2,(H2,27,28,30). The minimum Gasteiger partial charge on any atom is -0.393 e. The number of rotatable bonds is 4. The molecule has 3 aromatic rings. The molecular formula is C24H22F2N2O2. The molecular weight excluding hydrogens is 386 g/mol. The third kappa shape index (κ3) is 4.49. The lowest BCUT2D eigenvalue weighted by Crippen LogP contribution is -2.29. The molecule has 3 aromatic carbocycles. The van der Waals surface area contributed by atoms with Gasteiger partial charge in [0.25, 0.3) is 0 Å². The zero-order valence-corrected chi connectivity index (χ0v) is 16.3. The highest BCUT2D eigenvalue weighted by molar-refractivity contribution is 5.90. The first kappa shape index (κ1) is 20.0. The van der Waals surface area contributed by atoms with Crippen molar-refractivity contribution in [2.75, 3.05) is 5.32 Å². The molecule has 3 N–H and O–H groups in total. The first-order valence-corrected chi connectivity index (χ1v) is 9.87. The van der Waals surface area contributed by atoms with Gasteiger partial charge in [0.15, 0.2) is 0 Å². The van der Waals surface area contributed by atoms with Crippen LogP contribution in [0.5, 0.6) is 0 Å². The van der Waals surface area contributed by atoms with E-state index in [1.54, 1.807) is 24.3 Å². The summed E-state index contributed by atoms with van der Waals surface area (Å²) in [5.74, 6) is -1.23. The van der Waals surface area contributed by atoms with E-state index in [2.05, 4.69) is 10.6 Å². The lowest BCUT2D eigenvalue weighted by Gasteiger charge is -2.23. The van der Waals surface area contributed by atoms with Gasteiger partial charge in [-0.1, -0.05) is 36.4 Å². The summed E-state index contributed by atoms with van der Waals surface area (Å²) in [4.78, 5) is 12.3. The highest BCUT2D eigenvalue weighted by Gasteiger charge is 2.19. The third-order valence-electron chi connectivity index (χ3n) is 5.36. The van der Waals surface area contributed by atoms with E-state index in [1.807, 2.05) is 18.2 Å². The number of carbonyl (C=O) groups excluding carboxylic acids is 1. The predicted molar refractivity (Wildman–Crippen MR) is 112 cm³/mol. The van der Waals surface area contributed by atoms with Gasteiger partial charge in [-0.25, -0.2) is 13.6 Å². The molecule has 4 nitrogen and oxygen atoms in total. The number of fused-ring (bicyclic) bond motifs is 1. The van der Waals surface area contributed by atoms with Gasteiger partial charge in [-0.2, -0.15) is 0 Å². The van der Waals surface area contributed by atoms with Crippen molar-refractivity contribution in [3.05, 3.63) is 89.0 Å². The highest BCUT2D eigenvalue weighted by Crippen LogP contribution is 2.28.